The van der Waals surface area contributed by atoms with Crippen molar-refractivity contribution in [2.75, 3.05) is 6.54 Å². The number of rotatable bonds is 3. The van der Waals surface area contributed by atoms with Crippen molar-refractivity contribution < 1.29 is 0 Å². The van der Waals surface area contributed by atoms with Crippen molar-refractivity contribution in [3.63, 3.8) is 0 Å². The zero-order valence-electron chi connectivity index (χ0n) is 10.6. The van der Waals surface area contributed by atoms with E-state index in [1.165, 1.54) is 55.3 Å². The molecule has 1 unspecified atom stereocenters. The lowest BCUT2D eigenvalue weighted by atomic mass is 9.96. The first-order valence-electron chi connectivity index (χ1n) is 6.55. The number of aryl methyl sites for hydroxylation is 3. The molecule has 0 saturated carbocycles. The SMILES string of the molecule is Cc1ccc(CCC2CCCCN2)cc1C. The molecule has 1 aromatic rings. The summed E-state index contributed by atoms with van der Waals surface area (Å²) in [4.78, 5) is 0. The molecule has 0 spiro atoms. The molecule has 0 aromatic heterocycles. The quantitative estimate of drug-likeness (QED) is 0.818. The number of nitrogens with one attached hydrogen (secondary N) is 1. The van der Waals surface area contributed by atoms with Gasteiger partial charge in [0.1, 0.15) is 0 Å². The molecule has 1 aliphatic heterocycles. The van der Waals surface area contributed by atoms with E-state index in [1.54, 1.807) is 0 Å². The van der Waals surface area contributed by atoms with Gasteiger partial charge in [-0.3, -0.25) is 0 Å². The normalized spacial score (nSPS) is 21.0. The van der Waals surface area contributed by atoms with Gasteiger partial charge in [0.2, 0.25) is 0 Å². The average molecular weight is 217 g/mol. The van der Waals surface area contributed by atoms with Gasteiger partial charge in [0.15, 0.2) is 0 Å². The summed E-state index contributed by atoms with van der Waals surface area (Å²) in [6, 6.07) is 7.64. The van der Waals surface area contributed by atoms with Gasteiger partial charge in [0.05, 0.1) is 0 Å². The van der Waals surface area contributed by atoms with Crippen LogP contribution in [0.4, 0.5) is 0 Å². The number of hydrogen-bond donors (Lipinski definition) is 1. The minimum Gasteiger partial charge on any atom is -0.314 e. The number of hydrogen-bond acceptors (Lipinski definition) is 1. The molecule has 1 heterocycles. The molecule has 1 aromatic carbocycles. The first kappa shape index (κ1) is 11.7. The fourth-order valence-corrected chi connectivity index (χ4v) is 2.47. The Labute approximate surface area is 99.3 Å². The van der Waals surface area contributed by atoms with Crippen LogP contribution in [-0.4, -0.2) is 12.6 Å². The van der Waals surface area contributed by atoms with E-state index in [-0.39, 0.29) is 0 Å². The van der Waals surface area contributed by atoms with Gasteiger partial charge in [-0.25, -0.2) is 0 Å². The first-order chi connectivity index (χ1) is 7.75. The van der Waals surface area contributed by atoms with Crippen LogP contribution < -0.4 is 5.32 Å². The van der Waals surface area contributed by atoms with Crippen molar-refractivity contribution in [1.29, 1.82) is 0 Å². The van der Waals surface area contributed by atoms with Gasteiger partial charge in [-0.15, -0.1) is 0 Å². The molecule has 0 aliphatic carbocycles. The molecule has 1 heteroatoms. The van der Waals surface area contributed by atoms with E-state index in [1.807, 2.05) is 0 Å². The van der Waals surface area contributed by atoms with Gasteiger partial charge in [-0.2, -0.15) is 0 Å². The molecule has 0 bridgehead atoms. The summed E-state index contributed by atoms with van der Waals surface area (Å²) in [5.74, 6) is 0. The molecule has 1 aliphatic rings. The average Bonchev–Trinajstić information content (AvgIpc) is 2.32. The minimum absolute atomic E-state index is 0.760. The van der Waals surface area contributed by atoms with Gasteiger partial charge in [0, 0.05) is 6.04 Å². The molecular weight excluding hydrogens is 194 g/mol. The van der Waals surface area contributed by atoms with Gasteiger partial charge in [-0.05, 0) is 62.8 Å². The standard InChI is InChI=1S/C15H23N/c1-12-6-7-14(11-13(12)2)8-9-15-5-3-4-10-16-15/h6-7,11,15-16H,3-5,8-10H2,1-2H3. The third-order valence-electron chi connectivity index (χ3n) is 3.77. The highest BCUT2D eigenvalue weighted by Crippen LogP contribution is 2.15. The molecule has 0 radical (unpaired) electrons. The van der Waals surface area contributed by atoms with E-state index >= 15 is 0 Å². The molecular formula is C15H23N. The summed E-state index contributed by atoms with van der Waals surface area (Å²) in [5.41, 5.74) is 4.32. The van der Waals surface area contributed by atoms with Crippen LogP contribution >= 0.6 is 0 Å². The van der Waals surface area contributed by atoms with Crippen LogP contribution in [0, 0.1) is 13.8 Å². The van der Waals surface area contributed by atoms with Crippen LogP contribution in [0.15, 0.2) is 18.2 Å². The zero-order valence-corrected chi connectivity index (χ0v) is 10.6. The topological polar surface area (TPSA) is 12.0 Å². The Morgan fingerprint density at radius 3 is 2.75 bits per heavy atom. The van der Waals surface area contributed by atoms with E-state index in [0.717, 1.165) is 6.04 Å². The second kappa shape index (κ2) is 5.49. The fourth-order valence-electron chi connectivity index (χ4n) is 2.47. The molecule has 88 valence electrons. The molecule has 16 heavy (non-hydrogen) atoms. The van der Waals surface area contributed by atoms with Crippen LogP contribution in [0.3, 0.4) is 0 Å². The monoisotopic (exact) mass is 217 g/mol. The zero-order chi connectivity index (χ0) is 11.4. The van der Waals surface area contributed by atoms with Crippen molar-refractivity contribution >= 4 is 0 Å². The van der Waals surface area contributed by atoms with Gasteiger partial charge in [0.25, 0.3) is 0 Å². The molecule has 1 fully saturated rings. The summed E-state index contributed by atoms with van der Waals surface area (Å²) >= 11 is 0. The number of benzene rings is 1. The van der Waals surface area contributed by atoms with Crippen molar-refractivity contribution in [3.8, 4) is 0 Å². The van der Waals surface area contributed by atoms with Gasteiger partial charge in [-0.1, -0.05) is 24.6 Å². The fraction of sp³-hybridized carbons (Fsp3) is 0.600. The Balaban J connectivity index is 1.86. The van der Waals surface area contributed by atoms with Gasteiger partial charge < -0.3 is 5.32 Å². The molecule has 1 saturated heterocycles. The summed E-state index contributed by atoms with van der Waals surface area (Å²) in [7, 11) is 0. The van der Waals surface area contributed by atoms with E-state index < -0.39 is 0 Å². The highest BCUT2D eigenvalue weighted by Gasteiger charge is 2.11. The molecule has 1 nitrogen and oxygen atoms in total. The second-order valence-corrected chi connectivity index (χ2v) is 5.10. The number of piperidine rings is 1. The highest BCUT2D eigenvalue weighted by molar-refractivity contribution is 5.29. The molecule has 2 rings (SSSR count). The summed E-state index contributed by atoms with van der Waals surface area (Å²) in [6.45, 7) is 5.61. The van der Waals surface area contributed by atoms with Crippen molar-refractivity contribution in [3.05, 3.63) is 34.9 Å². The lowest BCUT2D eigenvalue weighted by molar-refractivity contribution is 0.383. The van der Waals surface area contributed by atoms with Crippen LogP contribution in [0.25, 0.3) is 0 Å². The summed E-state index contributed by atoms with van der Waals surface area (Å²) < 4.78 is 0. The van der Waals surface area contributed by atoms with Crippen molar-refractivity contribution in [2.45, 2.75) is 52.0 Å². The molecule has 0 amide bonds. The Morgan fingerprint density at radius 1 is 1.19 bits per heavy atom. The Kier molecular flexibility index (Phi) is 4.00. The van der Waals surface area contributed by atoms with Crippen LogP contribution in [0.2, 0.25) is 0 Å². The Morgan fingerprint density at radius 2 is 2.06 bits per heavy atom. The predicted molar refractivity (Wildman–Crippen MR) is 69.9 cm³/mol. The smallest absolute Gasteiger partial charge is 0.00702 e. The highest BCUT2D eigenvalue weighted by atomic mass is 14.9. The van der Waals surface area contributed by atoms with Crippen LogP contribution in [0.5, 0.6) is 0 Å². The Bertz CT molecular complexity index is 337. The van der Waals surface area contributed by atoms with Crippen molar-refractivity contribution in [2.24, 2.45) is 0 Å². The van der Waals surface area contributed by atoms with Crippen LogP contribution in [-0.2, 0) is 6.42 Å². The maximum Gasteiger partial charge on any atom is 0.00702 e. The lowest BCUT2D eigenvalue weighted by Gasteiger charge is -2.23. The van der Waals surface area contributed by atoms with E-state index in [0.29, 0.717) is 0 Å². The van der Waals surface area contributed by atoms with Crippen molar-refractivity contribution in [1.82, 2.24) is 5.32 Å². The summed E-state index contributed by atoms with van der Waals surface area (Å²) in [5, 5.41) is 3.62. The van der Waals surface area contributed by atoms with E-state index in [4.69, 9.17) is 0 Å². The lowest BCUT2D eigenvalue weighted by Crippen LogP contribution is -2.34. The predicted octanol–water partition coefficient (Wildman–Crippen LogP) is 3.38. The van der Waals surface area contributed by atoms with Crippen LogP contribution in [0.1, 0.15) is 42.4 Å². The molecule has 1 atom stereocenters. The Hall–Kier alpha value is -0.820. The largest absolute Gasteiger partial charge is 0.314 e. The maximum atomic E-state index is 3.62. The van der Waals surface area contributed by atoms with E-state index in [9.17, 15) is 0 Å². The first-order valence-corrected chi connectivity index (χ1v) is 6.55. The van der Waals surface area contributed by atoms with Gasteiger partial charge >= 0.3 is 0 Å². The second-order valence-electron chi connectivity index (χ2n) is 5.10. The third-order valence-corrected chi connectivity index (χ3v) is 3.77. The van der Waals surface area contributed by atoms with E-state index in [2.05, 4.69) is 37.4 Å². The minimum atomic E-state index is 0.760. The summed E-state index contributed by atoms with van der Waals surface area (Å²) in [6.07, 6.45) is 6.65. The maximum absolute atomic E-state index is 3.62. The molecule has 1 N–H and O–H groups in total. The third kappa shape index (κ3) is 3.08.